The summed E-state index contributed by atoms with van der Waals surface area (Å²) in [6.45, 7) is 4.48. The molecular formula is C23H27ClN2O5S. The fourth-order valence-electron chi connectivity index (χ4n) is 3.56. The summed E-state index contributed by atoms with van der Waals surface area (Å²) in [5, 5.41) is 2.81. The van der Waals surface area contributed by atoms with Crippen LogP contribution in [0.2, 0.25) is 5.02 Å². The quantitative estimate of drug-likeness (QED) is 0.566. The first-order chi connectivity index (χ1) is 15.2. The van der Waals surface area contributed by atoms with Crippen LogP contribution in [-0.4, -0.2) is 44.3 Å². The highest BCUT2D eigenvalue weighted by Crippen LogP contribution is 2.29. The van der Waals surface area contributed by atoms with Crippen LogP contribution in [0.4, 0.5) is 5.69 Å². The number of anilines is 1. The van der Waals surface area contributed by atoms with Crippen LogP contribution >= 0.6 is 11.6 Å². The molecule has 1 N–H and O–H groups in total. The number of para-hydroxylation sites is 1. The molecule has 0 aromatic heterocycles. The Bertz CT molecular complexity index is 1100. The maximum Gasteiger partial charge on any atom is 0.338 e. The number of benzene rings is 2. The normalized spacial score (nSPS) is 15.3. The van der Waals surface area contributed by atoms with Crippen molar-refractivity contribution in [2.45, 2.75) is 43.9 Å². The zero-order chi connectivity index (χ0) is 23.3. The van der Waals surface area contributed by atoms with Crippen molar-refractivity contribution in [2.75, 3.05) is 25.0 Å². The summed E-state index contributed by atoms with van der Waals surface area (Å²) in [7, 11) is -3.80. The van der Waals surface area contributed by atoms with Crippen molar-refractivity contribution >= 4 is 39.2 Å². The van der Waals surface area contributed by atoms with Gasteiger partial charge < -0.3 is 10.1 Å². The number of ether oxygens (including phenoxy) is 1. The average Bonchev–Trinajstić information content (AvgIpc) is 3.33. The molecule has 1 aliphatic rings. The van der Waals surface area contributed by atoms with E-state index in [-0.39, 0.29) is 21.4 Å². The second-order valence-electron chi connectivity index (χ2n) is 7.78. The number of carbonyl (C=O) groups excluding carboxylic acids is 2. The molecule has 0 saturated carbocycles. The lowest BCUT2D eigenvalue weighted by Crippen LogP contribution is -2.28. The van der Waals surface area contributed by atoms with Gasteiger partial charge >= 0.3 is 5.97 Å². The first-order valence-electron chi connectivity index (χ1n) is 10.6. The van der Waals surface area contributed by atoms with Crippen molar-refractivity contribution in [1.29, 1.82) is 0 Å². The molecule has 1 fully saturated rings. The van der Waals surface area contributed by atoms with Crippen molar-refractivity contribution in [2.24, 2.45) is 0 Å². The average molecular weight is 479 g/mol. The van der Waals surface area contributed by atoms with E-state index in [1.54, 1.807) is 6.07 Å². The third-order valence-electron chi connectivity index (χ3n) is 5.56. The van der Waals surface area contributed by atoms with Gasteiger partial charge in [0.25, 0.3) is 5.91 Å². The molecule has 0 bridgehead atoms. The standard InChI is InChI=1S/C23H27ClN2O5S/c1-3-16(2)18-8-4-5-9-20(18)25-22(27)15-31-23(28)17-10-11-19(24)21(14-17)32(29,30)26-12-6-7-13-26/h4-5,8-11,14,16H,3,6-7,12-13,15H2,1-2H3,(H,25,27)/t16-/m1/s1. The van der Waals surface area contributed by atoms with Crippen molar-refractivity contribution in [3.8, 4) is 0 Å². The van der Waals surface area contributed by atoms with Crippen molar-refractivity contribution < 1.29 is 22.7 Å². The van der Waals surface area contributed by atoms with Crippen LogP contribution in [0.3, 0.4) is 0 Å². The zero-order valence-corrected chi connectivity index (χ0v) is 19.7. The van der Waals surface area contributed by atoms with Gasteiger partial charge in [-0.3, -0.25) is 4.79 Å². The molecule has 1 atom stereocenters. The molecular weight excluding hydrogens is 452 g/mol. The number of amides is 1. The van der Waals surface area contributed by atoms with E-state index >= 15 is 0 Å². The predicted molar refractivity (Wildman–Crippen MR) is 124 cm³/mol. The summed E-state index contributed by atoms with van der Waals surface area (Å²) in [5.74, 6) is -1.02. The molecule has 9 heteroatoms. The van der Waals surface area contributed by atoms with Crippen molar-refractivity contribution in [3.05, 3.63) is 58.6 Å². The molecule has 0 aliphatic carbocycles. The molecule has 0 unspecified atom stereocenters. The van der Waals surface area contributed by atoms with Crippen molar-refractivity contribution in [1.82, 2.24) is 4.31 Å². The lowest BCUT2D eigenvalue weighted by atomic mass is 9.97. The maximum absolute atomic E-state index is 12.8. The number of hydrogen-bond acceptors (Lipinski definition) is 5. The smallest absolute Gasteiger partial charge is 0.338 e. The van der Waals surface area contributed by atoms with Gasteiger partial charge in [-0.25, -0.2) is 13.2 Å². The number of esters is 1. The Balaban J connectivity index is 1.67. The molecule has 3 rings (SSSR count). The molecule has 0 radical (unpaired) electrons. The number of halogens is 1. The minimum atomic E-state index is -3.80. The number of nitrogens with zero attached hydrogens (tertiary/aromatic N) is 1. The van der Waals surface area contributed by atoms with Gasteiger partial charge in [-0.05, 0) is 55.0 Å². The molecule has 1 amide bonds. The Morgan fingerprint density at radius 1 is 1.16 bits per heavy atom. The van der Waals surface area contributed by atoms with Gasteiger partial charge in [-0.2, -0.15) is 4.31 Å². The van der Waals surface area contributed by atoms with Gasteiger partial charge in [0.05, 0.1) is 10.6 Å². The first-order valence-corrected chi connectivity index (χ1v) is 12.4. The summed E-state index contributed by atoms with van der Waals surface area (Å²) in [5.41, 5.74) is 1.69. The third kappa shape index (κ3) is 5.49. The minimum Gasteiger partial charge on any atom is -0.452 e. The van der Waals surface area contributed by atoms with E-state index < -0.39 is 28.5 Å². The van der Waals surface area contributed by atoms with Crippen LogP contribution in [-0.2, 0) is 19.6 Å². The molecule has 1 heterocycles. The highest BCUT2D eigenvalue weighted by molar-refractivity contribution is 7.89. The van der Waals surface area contributed by atoms with Gasteiger partial charge in [0.1, 0.15) is 4.90 Å². The van der Waals surface area contributed by atoms with E-state index in [1.165, 1.54) is 22.5 Å². The largest absolute Gasteiger partial charge is 0.452 e. The monoisotopic (exact) mass is 478 g/mol. The number of hydrogen-bond donors (Lipinski definition) is 1. The van der Waals surface area contributed by atoms with Gasteiger partial charge in [0.2, 0.25) is 10.0 Å². The summed E-state index contributed by atoms with van der Waals surface area (Å²) in [6, 6.07) is 11.4. The highest BCUT2D eigenvalue weighted by Gasteiger charge is 2.30. The van der Waals surface area contributed by atoms with Crippen LogP contribution in [0, 0.1) is 0 Å². The Morgan fingerprint density at radius 2 is 1.84 bits per heavy atom. The van der Waals surface area contributed by atoms with E-state index in [4.69, 9.17) is 16.3 Å². The fraction of sp³-hybridized carbons (Fsp3) is 0.391. The second-order valence-corrected chi connectivity index (χ2v) is 10.1. The van der Waals surface area contributed by atoms with Crippen LogP contribution in [0.25, 0.3) is 0 Å². The molecule has 1 aliphatic heterocycles. The van der Waals surface area contributed by atoms with Crippen LogP contribution in [0.15, 0.2) is 47.4 Å². The maximum atomic E-state index is 12.8. The summed E-state index contributed by atoms with van der Waals surface area (Å²) in [6.07, 6.45) is 2.49. The Hall–Kier alpha value is -2.42. The van der Waals surface area contributed by atoms with Gasteiger partial charge in [0.15, 0.2) is 6.61 Å². The van der Waals surface area contributed by atoms with E-state index in [9.17, 15) is 18.0 Å². The fourth-order valence-corrected chi connectivity index (χ4v) is 5.57. The van der Waals surface area contributed by atoms with Crippen molar-refractivity contribution in [3.63, 3.8) is 0 Å². The lowest BCUT2D eigenvalue weighted by molar-refractivity contribution is -0.119. The Kier molecular flexibility index (Phi) is 7.92. The zero-order valence-electron chi connectivity index (χ0n) is 18.1. The third-order valence-corrected chi connectivity index (χ3v) is 7.94. The summed E-state index contributed by atoms with van der Waals surface area (Å²) >= 11 is 6.11. The number of nitrogens with one attached hydrogen (secondary N) is 1. The summed E-state index contributed by atoms with van der Waals surface area (Å²) in [4.78, 5) is 24.7. The van der Waals surface area contributed by atoms with E-state index in [2.05, 4.69) is 19.2 Å². The lowest BCUT2D eigenvalue weighted by Gasteiger charge is -2.17. The van der Waals surface area contributed by atoms with Crippen LogP contribution in [0.5, 0.6) is 0 Å². The second kappa shape index (κ2) is 10.5. The number of carbonyl (C=O) groups is 2. The van der Waals surface area contributed by atoms with E-state index in [1.807, 2.05) is 18.2 Å². The van der Waals surface area contributed by atoms with E-state index in [0.717, 1.165) is 24.8 Å². The predicted octanol–water partition coefficient (Wildman–Crippen LogP) is 4.43. The van der Waals surface area contributed by atoms with Crippen LogP contribution < -0.4 is 5.32 Å². The van der Waals surface area contributed by atoms with E-state index in [0.29, 0.717) is 18.8 Å². The number of sulfonamides is 1. The SMILES string of the molecule is CC[C@@H](C)c1ccccc1NC(=O)COC(=O)c1ccc(Cl)c(S(=O)(=O)N2CCCC2)c1. The highest BCUT2D eigenvalue weighted by atomic mass is 35.5. The molecule has 2 aromatic rings. The molecule has 1 saturated heterocycles. The number of rotatable bonds is 8. The Morgan fingerprint density at radius 3 is 2.53 bits per heavy atom. The summed E-state index contributed by atoms with van der Waals surface area (Å²) < 4.78 is 32.1. The molecule has 2 aromatic carbocycles. The molecule has 0 spiro atoms. The first kappa shape index (κ1) is 24.2. The molecule has 7 nitrogen and oxygen atoms in total. The molecule has 32 heavy (non-hydrogen) atoms. The van der Waals surface area contributed by atoms with Crippen LogP contribution in [0.1, 0.15) is 54.9 Å². The Labute approximate surface area is 193 Å². The van der Waals surface area contributed by atoms with Gasteiger partial charge in [-0.1, -0.05) is 43.6 Å². The van der Waals surface area contributed by atoms with Gasteiger partial charge in [-0.15, -0.1) is 0 Å². The topological polar surface area (TPSA) is 92.8 Å². The molecule has 172 valence electrons. The minimum absolute atomic E-state index is 0.0139. The van der Waals surface area contributed by atoms with Gasteiger partial charge in [0, 0.05) is 18.8 Å².